The highest BCUT2D eigenvalue weighted by Gasteiger charge is 2.15. The van der Waals surface area contributed by atoms with Crippen LogP contribution < -0.4 is 0 Å². The third-order valence-electron chi connectivity index (χ3n) is 1.79. The Bertz CT molecular complexity index is 421. The van der Waals surface area contributed by atoms with Gasteiger partial charge in [0.2, 0.25) is 5.15 Å². The van der Waals surface area contributed by atoms with Gasteiger partial charge in [0, 0.05) is 23.1 Å². The topological polar surface area (TPSA) is 56.0 Å². The zero-order valence-electron chi connectivity index (χ0n) is 7.98. The lowest BCUT2D eigenvalue weighted by molar-refractivity contribution is -0.385. The number of hydrogen-bond donors (Lipinski definition) is 1. The summed E-state index contributed by atoms with van der Waals surface area (Å²) in [4.78, 5) is 13.9. The molecule has 1 heterocycles. The van der Waals surface area contributed by atoms with E-state index in [2.05, 4.69) is 17.6 Å². The lowest BCUT2D eigenvalue weighted by Gasteiger charge is -2.01. The first kappa shape index (κ1) is 12.0. The molecule has 0 amide bonds. The van der Waals surface area contributed by atoms with Gasteiger partial charge in [-0.25, -0.2) is 4.98 Å². The Morgan fingerprint density at radius 3 is 2.93 bits per heavy atom. The quantitative estimate of drug-likeness (QED) is 0.385. The summed E-state index contributed by atoms with van der Waals surface area (Å²) in [7, 11) is 0. The fourth-order valence-electron chi connectivity index (χ4n) is 1.06. The van der Waals surface area contributed by atoms with Crippen molar-refractivity contribution in [2.24, 2.45) is 0 Å². The molecule has 0 fully saturated rings. The lowest BCUT2D eigenvalue weighted by atomic mass is 10.2. The minimum Gasteiger partial charge on any atom is -0.258 e. The Morgan fingerprint density at radius 2 is 2.40 bits per heavy atom. The zero-order chi connectivity index (χ0) is 11.4. The van der Waals surface area contributed by atoms with Gasteiger partial charge in [-0.3, -0.25) is 10.1 Å². The highest BCUT2D eigenvalue weighted by molar-refractivity contribution is 7.80. The van der Waals surface area contributed by atoms with Crippen LogP contribution in [-0.4, -0.2) is 15.7 Å². The van der Waals surface area contributed by atoms with E-state index in [1.165, 1.54) is 6.07 Å². The van der Waals surface area contributed by atoms with Gasteiger partial charge in [-0.1, -0.05) is 23.8 Å². The molecular formula is C9H9ClN2O2S. The molecule has 4 nitrogen and oxygen atoms in total. The molecule has 0 atom stereocenters. The van der Waals surface area contributed by atoms with Crippen LogP contribution in [0.25, 0.3) is 6.08 Å². The number of aromatic nitrogens is 1. The molecule has 1 aromatic heterocycles. The highest BCUT2D eigenvalue weighted by atomic mass is 35.5. The largest absolute Gasteiger partial charge is 0.307 e. The maximum Gasteiger partial charge on any atom is 0.307 e. The van der Waals surface area contributed by atoms with Crippen LogP contribution in [0.1, 0.15) is 11.3 Å². The summed E-state index contributed by atoms with van der Waals surface area (Å²) in [5, 5.41) is 10.5. The van der Waals surface area contributed by atoms with Crippen LogP contribution in [0.15, 0.2) is 12.1 Å². The molecule has 0 aromatic carbocycles. The van der Waals surface area contributed by atoms with Crippen molar-refractivity contribution in [2.45, 2.75) is 6.92 Å². The van der Waals surface area contributed by atoms with E-state index in [9.17, 15) is 10.1 Å². The summed E-state index contributed by atoms with van der Waals surface area (Å²) in [5.74, 6) is 0.565. The van der Waals surface area contributed by atoms with E-state index in [0.29, 0.717) is 17.0 Å². The second kappa shape index (κ2) is 5.14. The van der Waals surface area contributed by atoms with Crippen molar-refractivity contribution in [3.63, 3.8) is 0 Å². The van der Waals surface area contributed by atoms with E-state index >= 15 is 0 Å². The summed E-state index contributed by atoms with van der Waals surface area (Å²) in [5.41, 5.74) is 1.16. The summed E-state index contributed by atoms with van der Waals surface area (Å²) in [6.07, 6.45) is 3.52. The van der Waals surface area contributed by atoms with Crippen LogP contribution in [0.3, 0.4) is 0 Å². The summed E-state index contributed by atoms with van der Waals surface area (Å²) >= 11 is 9.64. The van der Waals surface area contributed by atoms with Crippen molar-refractivity contribution in [2.75, 3.05) is 5.75 Å². The van der Waals surface area contributed by atoms with Crippen LogP contribution in [-0.2, 0) is 0 Å². The van der Waals surface area contributed by atoms with Crippen LogP contribution in [0.2, 0.25) is 5.15 Å². The van der Waals surface area contributed by atoms with Gasteiger partial charge in [0.25, 0.3) is 0 Å². The van der Waals surface area contributed by atoms with Gasteiger partial charge in [0.1, 0.15) is 0 Å². The molecule has 1 aromatic rings. The monoisotopic (exact) mass is 244 g/mol. The number of thiol groups is 1. The van der Waals surface area contributed by atoms with Crippen molar-refractivity contribution in [3.8, 4) is 0 Å². The highest BCUT2D eigenvalue weighted by Crippen LogP contribution is 2.25. The van der Waals surface area contributed by atoms with Gasteiger partial charge >= 0.3 is 5.69 Å². The van der Waals surface area contributed by atoms with E-state index in [1.54, 1.807) is 19.1 Å². The molecule has 0 saturated carbocycles. The molecule has 0 unspecified atom stereocenters. The van der Waals surface area contributed by atoms with E-state index < -0.39 is 4.92 Å². The van der Waals surface area contributed by atoms with Crippen LogP contribution in [0.4, 0.5) is 5.69 Å². The average Bonchev–Trinajstić information content (AvgIpc) is 2.16. The molecule has 1 rings (SSSR count). The number of rotatable bonds is 3. The molecule has 0 aliphatic heterocycles. The molecule has 0 radical (unpaired) electrons. The van der Waals surface area contributed by atoms with Crippen molar-refractivity contribution < 1.29 is 4.92 Å². The van der Waals surface area contributed by atoms with Gasteiger partial charge in [-0.2, -0.15) is 12.6 Å². The first-order valence-electron chi connectivity index (χ1n) is 4.15. The molecule has 6 heteroatoms. The molecule has 0 saturated heterocycles. The number of nitrogens with zero attached hydrogens (tertiary/aromatic N) is 2. The Morgan fingerprint density at radius 1 is 1.73 bits per heavy atom. The second-order valence-corrected chi connectivity index (χ2v) is 3.54. The van der Waals surface area contributed by atoms with E-state index in [4.69, 9.17) is 11.6 Å². The van der Waals surface area contributed by atoms with Gasteiger partial charge in [-0.15, -0.1) is 0 Å². The van der Waals surface area contributed by atoms with Crippen LogP contribution >= 0.6 is 24.2 Å². The normalized spacial score (nSPS) is 10.9. The second-order valence-electron chi connectivity index (χ2n) is 2.81. The number of nitro groups is 1. The number of halogens is 1. The Labute approximate surface area is 97.5 Å². The summed E-state index contributed by atoms with van der Waals surface area (Å²) in [6, 6.07) is 1.41. The minimum absolute atomic E-state index is 0.0828. The van der Waals surface area contributed by atoms with E-state index in [-0.39, 0.29) is 10.8 Å². The lowest BCUT2D eigenvalue weighted by Crippen LogP contribution is -1.95. The number of aryl methyl sites for hydroxylation is 1. The Balaban J connectivity index is 3.23. The van der Waals surface area contributed by atoms with Crippen LogP contribution in [0.5, 0.6) is 0 Å². The molecule has 0 spiro atoms. The smallest absolute Gasteiger partial charge is 0.258 e. The van der Waals surface area contributed by atoms with Crippen molar-refractivity contribution >= 4 is 36.0 Å². The van der Waals surface area contributed by atoms with Gasteiger partial charge in [-0.05, 0) is 6.92 Å². The molecular weight excluding hydrogens is 236 g/mol. The van der Waals surface area contributed by atoms with Crippen molar-refractivity contribution in [1.82, 2.24) is 4.98 Å². The van der Waals surface area contributed by atoms with Gasteiger partial charge < -0.3 is 0 Å². The number of hydrogen-bond acceptors (Lipinski definition) is 4. The molecule has 0 bridgehead atoms. The Hall–Kier alpha value is -1.07. The molecule has 15 heavy (non-hydrogen) atoms. The fourth-order valence-corrected chi connectivity index (χ4v) is 1.41. The maximum absolute atomic E-state index is 10.6. The minimum atomic E-state index is -0.549. The molecule has 0 aliphatic carbocycles. The van der Waals surface area contributed by atoms with E-state index in [0.717, 1.165) is 0 Å². The number of pyridine rings is 1. The predicted octanol–water partition coefficient (Wildman–Crippen LogP) is 2.89. The van der Waals surface area contributed by atoms with Gasteiger partial charge in [0.05, 0.1) is 4.92 Å². The summed E-state index contributed by atoms with van der Waals surface area (Å²) < 4.78 is 0. The molecule has 0 aliphatic rings. The van der Waals surface area contributed by atoms with Crippen molar-refractivity contribution in [1.29, 1.82) is 0 Å². The average molecular weight is 245 g/mol. The van der Waals surface area contributed by atoms with Crippen molar-refractivity contribution in [3.05, 3.63) is 38.7 Å². The first-order valence-corrected chi connectivity index (χ1v) is 5.16. The fraction of sp³-hybridized carbons (Fsp3) is 0.222. The third kappa shape index (κ3) is 2.94. The summed E-state index contributed by atoms with van der Waals surface area (Å²) in [6.45, 7) is 1.74. The third-order valence-corrected chi connectivity index (χ3v) is 2.28. The predicted molar refractivity (Wildman–Crippen MR) is 63.5 cm³/mol. The molecule has 80 valence electrons. The SMILES string of the molecule is Cc1nc(Cl)c([N+](=O)[O-])cc1C=CCS. The first-order chi connectivity index (χ1) is 7.06. The van der Waals surface area contributed by atoms with Gasteiger partial charge in [0.15, 0.2) is 0 Å². The maximum atomic E-state index is 10.6. The Kier molecular flexibility index (Phi) is 4.11. The van der Waals surface area contributed by atoms with E-state index in [1.807, 2.05) is 0 Å². The van der Waals surface area contributed by atoms with Crippen LogP contribution in [0, 0.1) is 17.0 Å². The standard InChI is InChI=1S/C9H9ClN2O2S/c1-6-7(3-2-4-15)5-8(12(13)14)9(10)11-6/h2-3,5,15H,4H2,1H3. The molecule has 0 N–H and O–H groups in total. The zero-order valence-corrected chi connectivity index (χ0v) is 9.63.